The molecule has 3 nitrogen and oxygen atoms in total. The smallest absolute Gasteiger partial charge is 0.305 e. The third-order valence-electron chi connectivity index (χ3n) is 2.52. The van der Waals surface area contributed by atoms with Crippen LogP contribution in [0.2, 0.25) is 0 Å². The molecule has 1 rings (SSSR count). The fourth-order valence-electron chi connectivity index (χ4n) is 1.67. The Labute approximate surface area is 119 Å². The number of alkyl halides is 1. The lowest BCUT2D eigenvalue weighted by atomic mass is 10.1. The van der Waals surface area contributed by atoms with Crippen LogP contribution in [0.5, 0.6) is 5.75 Å². The Hall–Kier alpha value is -1.22. The van der Waals surface area contributed by atoms with E-state index < -0.39 is 0 Å². The Balaban J connectivity index is 2.48. The number of hydrogen-bond donors (Lipinski definition) is 0. The van der Waals surface area contributed by atoms with Crippen molar-refractivity contribution in [3.8, 4) is 5.75 Å². The first-order chi connectivity index (χ1) is 9.02. The van der Waals surface area contributed by atoms with Gasteiger partial charge in [0.15, 0.2) is 0 Å². The van der Waals surface area contributed by atoms with Crippen LogP contribution >= 0.6 is 11.6 Å². The molecule has 1 unspecified atom stereocenters. The number of rotatable bonds is 7. The van der Waals surface area contributed by atoms with E-state index in [9.17, 15) is 4.79 Å². The zero-order valence-electron chi connectivity index (χ0n) is 11.7. The van der Waals surface area contributed by atoms with Crippen molar-refractivity contribution in [2.45, 2.75) is 45.1 Å². The van der Waals surface area contributed by atoms with E-state index in [4.69, 9.17) is 21.1 Å². The van der Waals surface area contributed by atoms with E-state index in [1.807, 2.05) is 38.1 Å². The molecule has 4 heteroatoms. The molecule has 0 spiro atoms. The normalized spacial score (nSPS) is 12.3. The molecule has 1 aromatic carbocycles. The van der Waals surface area contributed by atoms with Crippen molar-refractivity contribution in [3.63, 3.8) is 0 Å². The highest BCUT2D eigenvalue weighted by molar-refractivity contribution is 6.20. The molecule has 0 saturated carbocycles. The Morgan fingerprint density at radius 3 is 2.42 bits per heavy atom. The van der Waals surface area contributed by atoms with Crippen molar-refractivity contribution in [2.75, 3.05) is 6.61 Å². The van der Waals surface area contributed by atoms with Crippen LogP contribution in [-0.2, 0) is 9.53 Å². The van der Waals surface area contributed by atoms with E-state index in [-0.39, 0.29) is 17.5 Å². The molecule has 1 aromatic rings. The molecule has 0 aromatic heterocycles. The number of hydrogen-bond acceptors (Lipinski definition) is 3. The van der Waals surface area contributed by atoms with Crippen LogP contribution in [0.3, 0.4) is 0 Å². The molecular weight excluding hydrogens is 264 g/mol. The first-order valence-electron chi connectivity index (χ1n) is 6.59. The van der Waals surface area contributed by atoms with E-state index in [0.717, 1.165) is 11.3 Å². The van der Waals surface area contributed by atoms with Crippen molar-refractivity contribution in [1.29, 1.82) is 0 Å². The Morgan fingerprint density at radius 1 is 1.26 bits per heavy atom. The SMILES string of the molecule is CCOC(=O)CCC(Cl)c1ccc(OC(C)C)cc1. The van der Waals surface area contributed by atoms with Gasteiger partial charge in [0.25, 0.3) is 0 Å². The first kappa shape index (κ1) is 15.8. The topological polar surface area (TPSA) is 35.5 Å². The molecule has 0 fully saturated rings. The maximum Gasteiger partial charge on any atom is 0.305 e. The molecule has 0 amide bonds. The van der Waals surface area contributed by atoms with Crippen LogP contribution in [0.25, 0.3) is 0 Å². The largest absolute Gasteiger partial charge is 0.491 e. The van der Waals surface area contributed by atoms with E-state index in [1.54, 1.807) is 6.92 Å². The zero-order chi connectivity index (χ0) is 14.3. The maximum absolute atomic E-state index is 11.3. The molecule has 0 aliphatic carbocycles. The Bertz CT molecular complexity index is 387. The summed E-state index contributed by atoms with van der Waals surface area (Å²) in [5.41, 5.74) is 0.988. The van der Waals surface area contributed by atoms with E-state index in [1.165, 1.54) is 0 Å². The van der Waals surface area contributed by atoms with Gasteiger partial charge in [-0.2, -0.15) is 0 Å². The predicted molar refractivity (Wildman–Crippen MR) is 76.7 cm³/mol. The quantitative estimate of drug-likeness (QED) is 0.559. The zero-order valence-corrected chi connectivity index (χ0v) is 12.4. The summed E-state index contributed by atoms with van der Waals surface area (Å²) in [6.45, 7) is 6.17. The Kier molecular flexibility index (Phi) is 6.71. The molecular formula is C15H21ClO3. The monoisotopic (exact) mass is 284 g/mol. The minimum Gasteiger partial charge on any atom is -0.491 e. The summed E-state index contributed by atoms with van der Waals surface area (Å²) in [6.07, 6.45) is 1.07. The number of esters is 1. The minimum absolute atomic E-state index is 0.154. The molecule has 0 radical (unpaired) electrons. The van der Waals surface area contributed by atoms with E-state index in [2.05, 4.69) is 0 Å². The summed E-state index contributed by atoms with van der Waals surface area (Å²) < 4.78 is 10.4. The Morgan fingerprint density at radius 2 is 1.89 bits per heavy atom. The van der Waals surface area contributed by atoms with Gasteiger partial charge in [-0.3, -0.25) is 4.79 Å². The molecule has 19 heavy (non-hydrogen) atoms. The summed E-state index contributed by atoms with van der Waals surface area (Å²) >= 11 is 6.26. The average Bonchev–Trinajstić information content (AvgIpc) is 2.36. The lowest BCUT2D eigenvalue weighted by molar-refractivity contribution is -0.143. The van der Waals surface area contributed by atoms with Gasteiger partial charge in [0, 0.05) is 6.42 Å². The summed E-state index contributed by atoms with van der Waals surface area (Å²) in [4.78, 5) is 11.3. The van der Waals surface area contributed by atoms with Gasteiger partial charge in [-0.15, -0.1) is 11.6 Å². The number of halogens is 1. The van der Waals surface area contributed by atoms with Crippen molar-refractivity contribution in [3.05, 3.63) is 29.8 Å². The van der Waals surface area contributed by atoms with Gasteiger partial charge >= 0.3 is 5.97 Å². The minimum atomic E-state index is -0.201. The lowest BCUT2D eigenvalue weighted by Crippen LogP contribution is -2.06. The standard InChI is InChI=1S/C15H21ClO3/c1-4-18-15(17)10-9-14(16)12-5-7-13(8-6-12)19-11(2)3/h5-8,11,14H,4,9-10H2,1-3H3. The van der Waals surface area contributed by atoms with Crippen LogP contribution in [0.4, 0.5) is 0 Å². The summed E-state index contributed by atoms with van der Waals surface area (Å²) in [6, 6.07) is 7.66. The molecule has 0 bridgehead atoms. The van der Waals surface area contributed by atoms with Crippen molar-refractivity contribution in [2.24, 2.45) is 0 Å². The van der Waals surface area contributed by atoms with Crippen molar-refractivity contribution in [1.82, 2.24) is 0 Å². The van der Waals surface area contributed by atoms with Crippen LogP contribution in [-0.4, -0.2) is 18.7 Å². The van der Waals surface area contributed by atoms with Crippen LogP contribution in [0, 0.1) is 0 Å². The number of ether oxygens (including phenoxy) is 2. The van der Waals surface area contributed by atoms with Crippen molar-refractivity contribution >= 4 is 17.6 Å². The highest BCUT2D eigenvalue weighted by Gasteiger charge is 2.11. The highest BCUT2D eigenvalue weighted by Crippen LogP contribution is 2.27. The van der Waals surface area contributed by atoms with Gasteiger partial charge in [0.2, 0.25) is 0 Å². The lowest BCUT2D eigenvalue weighted by Gasteiger charge is -2.12. The molecule has 0 heterocycles. The average molecular weight is 285 g/mol. The summed E-state index contributed by atoms with van der Waals surface area (Å²) in [5, 5.41) is -0.183. The fraction of sp³-hybridized carbons (Fsp3) is 0.533. The molecule has 0 aliphatic rings. The summed E-state index contributed by atoms with van der Waals surface area (Å²) in [7, 11) is 0. The van der Waals surface area contributed by atoms with Crippen LogP contribution in [0.1, 0.15) is 44.6 Å². The fourth-order valence-corrected chi connectivity index (χ4v) is 1.93. The van der Waals surface area contributed by atoms with Gasteiger partial charge in [-0.1, -0.05) is 12.1 Å². The molecule has 106 valence electrons. The van der Waals surface area contributed by atoms with Crippen LogP contribution < -0.4 is 4.74 Å². The highest BCUT2D eigenvalue weighted by atomic mass is 35.5. The van der Waals surface area contributed by atoms with Gasteiger partial charge in [-0.25, -0.2) is 0 Å². The van der Waals surface area contributed by atoms with Gasteiger partial charge < -0.3 is 9.47 Å². The van der Waals surface area contributed by atoms with Gasteiger partial charge in [-0.05, 0) is 44.9 Å². The molecule has 1 atom stereocenters. The van der Waals surface area contributed by atoms with Crippen LogP contribution in [0.15, 0.2) is 24.3 Å². The molecule has 0 saturated heterocycles. The maximum atomic E-state index is 11.3. The van der Waals surface area contributed by atoms with Crippen molar-refractivity contribution < 1.29 is 14.3 Å². The second kappa shape index (κ2) is 8.05. The second-order valence-electron chi connectivity index (χ2n) is 4.55. The third-order valence-corrected chi connectivity index (χ3v) is 2.99. The second-order valence-corrected chi connectivity index (χ2v) is 5.07. The number of carbonyl (C=O) groups is 1. The molecule has 0 N–H and O–H groups in total. The number of benzene rings is 1. The molecule has 0 aliphatic heterocycles. The van der Waals surface area contributed by atoms with E-state index in [0.29, 0.717) is 19.4 Å². The third kappa shape index (κ3) is 5.97. The van der Waals surface area contributed by atoms with Gasteiger partial charge in [0.05, 0.1) is 18.1 Å². The predicted octanol–water partition coefficient (Wildman–Crippen LogP) is 4.10. The first-order valence-corrected chi connectivity index (χ1v) is 7.03. The van der Waals surface area contributed by atoms with E-state index >= 15 is 0 Å². The summed E-state index contributed by atoms with van der Waals surface area (Å²) in [5.74, 6) is 0.626. The number of carbonyl (C=O) groups excluding carboxylic acids is 1. The van der Waals surface area contributed by atoms with Gasteiger partial charge in [0.1, 0.15) is 5.75 Å².